The summed E-state index contributed by atoms with van der Waals surface area (Å²) >= 11 is 0. The van der Waals surface area contributed by atoms with Crippen LogP contribution in [-0.2, 0) is 0 Å². The maximum absolute atomic E-state index is 13.0. The minimum atomic E-state index is -1.41. The number of aryl methyl sites for hydroxylation is 1. The van der Waals surface area contributed by atoms with Gasteiger partial charge < -0.3 is 20.8 Å². The van der Waals surface area contributed by atoms with Crippen molar-refractivity contribution in [2.75, 3.05) is 12.4 Å². The lowest BCUT2D eigenvalue weighted by Gasteiger charge is -2.11. The first kappa shape index (κ1) is 23.9. The zero-order valence-corrected chi connectivity index (χ0v) is 18.2. The van der Waals surface area contributed by atoms with E-state index >= 15 is 0 Å². The summed E-state index contributed by atoms with van der Waals surface area (Å²) in [5.41, 5.74) is 0.304. The summed E-state index contributed by atoms with van der Waals surface area (Å²) in [6.07, 6.45) is 0. The Morgan fingerprint density at radius 3 is 1.56 bits per heavy atom. The number of ketones is 1. The number of nitrogens with one attached hydrogen (secondary N) is 2. The van der Waals surface area contributed by atoms with Gasteiger partial charge in [-0.05, 0) is 43.3 Å². The molecule has 0 saturated carbocycles. The quantitative estimate of drug-likeness (QED) is 0.395. The number of benzene rings is 3. The minimum Gasteiger partial charge on any atom is -0.478 e. The van der Waals surface area contributed by atoms with Gasteiger partial charge in [-0.3, -0.25) is 14.4 Å². The highest BCUT2D eigenvalue weighted by Crippen LogP contribution is 2.20. The van der Waals surface area contributed by atoms with Crippen molar-refractivity contribution in [3.8, 4) is 0 Å². The van der Waals surface area contributed by atoms with Crippen LogP contribution in [0.3, 0.4) is 0 Å². The van der Waals surface area contributed by atoms with Crippen molar-refractivity contribution in [2.24, 2.45) is 0 Å². The molecule has 0 bridgehead atoms. The summed E-state index contributed by atoms with van der Waals surface area (Å²) in [5, 5.41) is 24.0. The van der Waals surface area contributed by atoms with E-state index in [9.17, 15) is 34.2 Å². The van der Waals surface area contributed by atoms with Gasteiger partial charge in [0.05, 0.1) is 22.3 Å². The molecule has 4 N–H and O–H groups in total. The molecule has 0 spiro atoms. The van der Waals surface area contributed by atoms with Crippen molar-refractivity contribution >= 4 is 35.2 Å². The van der Waals surface area contributed by atoms with E-state index < -0.39 is 35.1 Å². The first-order chi connectivity index (χ1) is 16.1. The summed E-state index contributed by atoms with van der Waals surface area (Å²) in [6, 6.07) is 14.0. The Hall–Kier alpha value is -4.79. The normalized spacial score (nSPS) is 10.3. The van der Waals surface area contributed by atoms with Crippen molar-refractivity contribution in [1.29, 1.82) is 0 Å². The van der Waals surface area contributed by atoms with Crippen LogP contribution in [0.15, 0.2) is 60.7 Å². The molecule has 0 saturated heterocycles. The molecule has 0 unspecified atom stereocenters. The van der Waals surface area contributed by atoms with Gasteiger partial charge >= 0.3 is 11.9 Å². The number of hydrogen-bond acceptors (Lipinski definition) is 5. The number of amides is 2. The van der Waals surface area contributed by atoms with Gasteiger partial charge in [0.25, 0.3) is 11.8 Å². The predicted octanol–water partition coefficient (Wildman–Crippen LogP) is 3.23. The SMILES string of the molecule is CNC(=O)c1ccc(C(=O)c2ccc(C(=O)Nc3ccc(C)cc3)c(C(=O)O)c2)cc1C(=O)O. The largest absolute Gasteiger partial charge is 0.478 e. The average Bonchev–Trinajstić information content (AvgIpc) is 2.83. The molecule has 0 aliphatic carbocycles. The van der Waals surface area contributed by atoms with E-state index in [-0.39, 0.29) is 27.8 Å². The highest BCUT2D eigenvalue weighted by molar-refractivity contribution is 6.15. The van der Waals surface area contributed by atoms with E-state index in [2.05, 4.69) is 10.6 Å². The third kappa shape index (κ3) is 4.99. The standard InChI is InChI=1S/C25H20N2O7/c1-13-3-7-16(8-4-13)27-23(30)18-10-6-15(12-20(18)25(33)34)21(28)14-5-9-17(22(29)26-2)19(11-14)24(31)32/h3-12H,1-2H3,(H,26,29)(H,27,30)(H,31,32)(H,33,34). The molecule has 0 aliphatic heterocycles. The maximum atomic E-state index is 13.0. The Labute approximate surface area is 194 Å². The van der Waals surface area contributed by atoms with Crippen molar-refractivity contribution in [3.05, 3.63) is 99.6 Å². The number of hydrogen-bond donors (Lipinski definition) is 4. The fraction of sp³-hybridized carbons (Fsp3) is 0.0800. The Morgan fingerprint density at radius 1 is 0.647 bits per heavy atom. The number of aromatic carboxylic acids is 2. The van der Waals surface area contributed by atoms with Crippen molar-refractivity contribution < 1.29 is 34.2 Å². The fourth-order valence-corrected chi connectivity index (χ4v) is 3.26. The highest BCUT2D eigenvalue weighted by atomic mass is 16.4. The Bertz CT molecular complexity index is 1330. The molecule has 0 heterocycles. The molecule has 9 nitrogen and oxygen atoms in total. The molecular formula is C25H20N2O7. The second-order valence-electron chi connectivity index (χ2n) is 7.36. The highest BCUT2D eigenvalue weighted by Gasteiger charge is 2.22. The van der Waals surface area contributed by atoms with Gasteiger partial charge in [0.15, 0.2) is 5.78 Å². The molecule has 0 radical (unpaired) electrons. The van der Waals surface area contributed by atoms with Crippen LogP contribution in [-0.4, -0.2) is 46.8 Å². The Balaban J connectivity index is 1.96. The number of anilines is 1. The third-order valence-electron chi connectivity index (χ3n) is 5.05. The number of carboxylic acids is 2. The number of rotatable bonds is 7. The summed E-state index contributed by atoms with van der Waals surface area (Å²) < 4.78 is 0. The van der Waals surface area contributed by atoms with Gasteiger partial charge in [0, 0.05) is 23.9 Å². The van der Waals surface area contributed by atoms with Gasteiger partial charge in [-0.25, -0.2) is 9.59 Å². The van der Waals surface area contributed by atoms with Crippen LogP contribution in [0.25, 0.3) is 0 Å². The van der Waals surface area contributed by atoms with E-state index in [1.807, 2.05) is 6.92 Å². The van der Waals surface area contributed by atoms with Gasteiger partial charge in [-0.15, -0.1) is 0 Å². The van der Waals surface area contributed by atoms with Crippen LogP contribution in [0, 0.1) is 6.92 Å². The molecule has 0 aliphatic rings. The van der Waals surface area contributed by atoms with Crippen molar-refractivity contribution in [2.45, 2.75) is 6.92 Å². The zero-order valence-electron chi connectivity index (χ0n) is 18.2. The summed E-state index contributed by atoms with van der Waals surface area (Å²) in [4.78, 5) is 60.9. The fourth-order valence-electron chi connectivity index (χ4n) is 3.26. The number of carbonyl (C=O) groups excluding carboxylic acids is 3. The lowest BCUT2D eigenvalue weighted by molar-refractivity contribution is 0.0683. The second-order valence-corrected chi connectivity index (χ2v) is 7.36. The zero-order chi connectivity index (χ0) is 25.0. The molecule has 0 aromatic heterocycles. The molecule has 9 heteroatoms. The molecule has 0 atom stereocenters. The van der Waals surface area contributed by atoms with E-state index in [0.29, 0.717) is 5.69 Å². The Morgan fingerprint density at radius 2 is 1.12 bits per heavy atom. The van der Waals surface area contributed by atoms with Crippen LogP contribution in [0.4, 0.5) is 5.69 Å². The van der Waals surface area contributed by atoms with Crippen molar-refractivity contribution in [3.63, 3.8) is 0 Å². The smallest absolute Gasteiger partial charge is 0.336 e. The van der Waals surface area contributed by atoms with Crippen LogP contribution in [0.2, 0.25) is 0 Å². The van der Waals surface area contributed by atoms with E-state index in [1.165, 1.54) is 31.3 Å². The van der Waals surface area contributed by atoms with Crippen molar-refractivity contribution in [1.82, 2.24) is 5.32 Å². The van der Waals surface area contributed by atoms with Crippen LogP contribution >= 0.6 is 0 Å². The van der Waals surface area contributed by atoms with Gasteiger partial charge in [-0.1, -0.05) is 29.8 Å². The third-order valence-corrected chi connectivity index (χ3v) is 5.05. The topological polar surface area (TPSA) is 150 Å². The summed E-state index contributed by atoms with van der Waals surface area (Å²) in [7, 11) is 1.34. The average molecular weight is 460 g/mol. The summed E-state index contributed by atoms with van der Waals surface area (Å²) in [6.45, 7) is 1.88. The van der Waals surface area contributed by atoms with E-state index in [4.69, 9.17) is 0 Å². The molecule has 3 rings (SSSR count). The molecule has 3 aromatic rings. The Kier molecular flexibility index (Phi) is 6.87. The first-order valence-electron chi connectivity index (χ1n) is 10.0. The lowest BCUT2D eigenvalue weighted by Crippen LogP contribution is -2.21. The second kappa shape index (κ2) is 9.78. The van der Waals surface area contributed by atoms with E-state index in [1.54, 1.807) is 24.3 Å². The molecule has 34 heavy (non-hydrogen) atoms. The minimum absolute atomic E-state index is 0.0572. The predicted molar refractivity (Wildman–Crippen MR) is 123 cm³/mol. The van der Waals surface area contributed by atoms with Gasteiger partial charge in [-0.2, -0.15) is 0 Å². The monoisotopic (exact) mass is 460 g/mol. The maximum Gasteiger partial charge on any atom is 0.336 e. The van der Waals surface area contributed by atoms with E-state index in [0.717, 1.165) is 17.7 Å². The first-order valence-corrected chi connectivity index (χ1v) is 10.0. The molecule has 3 aromatic carbocycles. The van der Waals surface area contributed by atoms with Crippen LogP contribution in [0.5, 0.6) is 0 Å². The molecule has 172 valence electrons. The lowest BCUT2D eigenvalue weighted by atomic mass is 9.95. The van der Waals surface area contributed by atoms with Crippen LogP contribution < -0.4 is 10.6 Å². The number of carboxylic acid groups (broad SMARTS) is 2. The summed E-state index contributed by atoms with van der Waals surface area (Å²) in [5.74, 6) is -4.77. The van der Waals surface area contributed by atoms with Crippen LogP contribution in [0.1, 0.15) is 62.9 Å². The molecule has 2 amide bonds. The molecule has 0 fully saturated rings. The van der Waals surface area contributed by atoms with Gasteiger partial charge in [0.2, 0.25) is 0 Å². The number of carbonyl (C=O) groups is 5. The van der Waals surface area contributed by atoms with Gasteiger partial charge in [0.1, 0.15) is 0 Å². The molecular weight excluding hydrogens is 440 g/mol.